The zero-order valence-corrected chi connectivity index (χ0v) is 13.7. The molecule has 2 aromatic rings. The lowest BCUT2D eigenvalue weighted by Gasteiger charge is -2.21. The molecule has 0 N–H and O–H groups in total. The molecule has 0 amide bonds. The molecule has 0 unspecified atom stereocenters. The minimum Gasteiger partial charge on any atom is -0.299 e. The van der Waals surface area contributed by atoms with Crippen LogP contribution in [-0.2, 0) is 6.54 Å². The zero-order chi connectivity index (χ0) is 14.8. The number of hydrogen-bond donors (Lipinski definition) is 0. The Kier molecular flexibility index (Phi) is 4.46. The van der Waals surface area contributed by atoms with Gasteiger partial charge in [0, 0.05) is 11.9 Å². The molecule has 0 saturated carbocycles. The molecule has 0 spiro atoms. The smallest absolute Gasteiger partial charge is 0.130 e. The summed E-state index contributed by atoms with van der Waals surface area (Å²) >= 11 is 6.26. The van der Waals surface area contributed by atoms with Crippen LogP contribution in [0.2, 0.25) is 5.15 Å². The Bertz CT molecular complexity index is 643. The highest BCUT2D eigenvalue weighted by Crippen LogP contribution is 2.26. The molecule has 112 valence electrons. The quantitative estimate of drug-likeness (QED) is 0.735. The first-order valence-corrected chi connectivity index (χ1v) is 8.30. The van der Waals surface area contributed by atoms with Gasteiger partial charge in [-0.05, 0) is 63.0 Å². The molecule has 2 nitrogen and oxygen atoms in total. The second-order valence-corrected chi connectivity index (χ2v) is 6.66. The first kappa shape index (κ1) is 14.8. The van der Waals surface area contributed by atoms with Gasteiger partial charge in [-0.3, -0.25) is 4.90 Å². The Morgan fingerprint density at radius 1 is 1.05 bits per heavy atom. The predicted molar refractivity (Wildman–Crippen MR) is 90.0 cm³/mol. The maximum absolute atomic E-state index is 6.26. The molecule has 3 rings (SSSR count). The van der Waals surface area contributed by atoms with Crippen LogP contribution >= 0.6 is 11.6 Å². The minimum absolute atomic E-state index is 0.610. The average Bonchev–Trinajstić information content (AvgIpc) is 2.69. The molecule has 0 atom stereocenters. The Balaban J connectivity index is 2.00. The van der Waals surface area contributed by atoms with Crippen LogP contribution in [0.3, 0.4) is 0 Å². The number of hydrogen-bond acceptors (Lipinski definition) is 2. The van der Waals surface area contributed by atoms with Gasteiger partial charge in [-0.2, -0.15) is 0 Å². The Labute approximate surface area is 132 Å². The molecular formula is C18H23ClN2. The predicted octanol–water partition coefficient (Wildman–Crippen LogP) is 4.88. The number of nitrogens with zero attached hydrogens (tertiary/aromatic N) is 2. The molecule has 1 fully saturated rings. The lowest BCUT2D eigenvalue weighted by atomic mass is 10.0. The third-order valence-corrected chi connectivity index (χ3v) is 4.59. The van der Waals surface area contributed by atoms with E-state index in [1.165, 1.54) is 60.8 Å². The number of rotatable bonds is 2. The largest absolute Gasteiger partial charge is 0.299 e. The monoisotopic (exact) mass is 302 g/mol. The molecule has 0 aliphatic carbocycles. The summed E-state index contributed by atoms with van der Waals surface area (Å²) in [5.74, 6) is 0. The Hall–Kier alpha value is -1.12. The molecule has 0 radical (unpaired) electrons. The van der Waals surface area contributed by atoms with Gasteiger partial charge in [0.1, 0.15) is 5.15 Å². The van der Waals surface area contributed by atoms with Crippen molar-refractivity contribution in [2.45, 2.75) is 46.1 Å². The molecule has 21 heavy (non-hydrogen) atoms. The highest BCUT2D eigenvalue weighted by molar-refractivity contribution is 6.30. The molecule has 1 saturated heterocycles. The second-order valence-electron chi connectivity index (χ2n) is 6.27. The first-order valence-electron chi connectivity index (χ1n) is 7.92. The van der Waals surface area contributed by atoms with Crippen molar-refractivity contribution in [1.29, 1.82) is 0 Å². The summed E-state index contributed by atoms with van der Waals surface area (Å²) in [6.45, 7) is 7.66. The van der Waals surface area contributed by atoms with Crippen molar-refractivity contribution < 1.29 is 0 Å². The molecule has 3 heteroatoms. The fourth-order valence-electron chi connectivity index (χ4n) is 3.38. The van der Waals surface area contributed by atoms with Gasteiger partial charge in [0.15, 0.2) is 0 Å². The van der Waals surface area contributed by atoms with E-state index >= 15 is 0 Å². The number of aromatic nitrogens is 1. The Morgan fingerprint density at radius 3 is 2.48 bits per heavy atom. The number of aryl methyl sites for hydroxylation is 2. The fraction of sp³-hybridized carbons (Fsp3) is 0.500. The van der Waals surface area contributed by atoms with E-state index in [0.717, 1.165) is 12.1 Å². The highest BCUT2D eigenvalue weighted by atomic mass is 35.5. The summed E-state index contributed by atoms with van der Waals surface area (Å²) in [5.41, 5.74) is 4.88. The van der Waals surface area contributed by atoms with Crippen molar-refractivity contribution in [3.8, 4) is 0 Å². The van der Waals surface area contributed by atoms with Crippen molar-refractivity contribution in [2.75, 3.05) is 13.1 Å². The topological polar surface area (TPSA) is 16.1 Å². The van der Waals surface area contributed by atoms with Gasteiger partial charge in [-0.15, -0.1) is 0 Å². The van der Waals surface area contributed by atoms with E-state index < -0.39 is 0 Å². The van der Waals surface area contributed by atoms with Crippen LogP contribution < -0.4 is 0 Å². The van der Waals surface area contributed by atoms with Crippen LogP contribution in [0.4, 0.5) is 0 Å². The zero-order valence-electron chi connectivity index (χ0n) is 13.0. The summed E-state index contributed by atoms with van der Waals surface area (Å²) in [6.07, 6.45) is 5.36. The van der Waals surface area contributed by atoms with Crippen LogP contribution in [-0.4, -0.2) is 23.0 Å². The van der Waals surface area contributed by atoms with E-state index in [2.05, 4.69) is 35.9 Å². The lowest BCUT2D eigenvalue weighted by Crippen LogP contribution is -2.24. The Morgan fingerprint density at radius 2 is 1.76 bits per heavy atom. The fourth-order valence-corrected chi connectivity index (χ4v) is 3.60. The number of pyridine rings is 1. The normalized spacial score (nSPS) is 17.1. The first-order chi connectivity index (χ1) is 10.1. The standard InChI is InChI=1S/C18H23ClN2/c1-13-9-14(2)18-16(10-13)15(11-17(19)20-18)12-21-7-5-3-4-6-8-21/h9-11H,3-8,12H2,1-2H3. The number of fused-ring (bicyclic) bond motifs is 1. The van der Waals surface area contributed by atoms with Crippen LogP contribution in [0, 0.1) is 13.8 Å². The van der Waals surface area contributed by atoms with Gasteiger partial charge < -0.3 is 0 Å². The lowest BCUT2D eigenvalue weighted by molar-refractivity contribution is 0.278. The van der Waals surface area contributed by atoms with Gasteiger partial charge in [0.2, 0.25) is 0 Å². The maximum Gasteiger partial charge on any atom is 0.130 e. The van der Waals surface area contributed by atoms with Crippen molar-refractivity contribution >= 4 is 22.5 Å². The minimum atomic E-state index is 0.610. The van der Waals surface area contributed by atoms with Gasteiger partial charge in [-0.1, -0.05) is 36.1 Å². The van der Waals surface area contributed by atoms with Crippen LogP contribution in [0.15, 0.2) is 18.2 Å². The molecule has 0 bridgehead atoms. The SMILES string of the molecule is Cc1cc(C)c2nc(Cl)cc(CN3CCCCCC3)c2c1. The molecule has 1 aliphatic rings. The summed E-state index contributed by atoms with van der Waals surface area (Å²) in [7, 11) is 0. The number of likely N-dealkylation sites (tertiary alicyclic amines) is 1. The van der Waals surface area contributed by atoms with Crippen molar-refractivity contribution in [3.05, 3.63) is 40.0 Å². The van der Waals surface area contributed by atoms with E-state index in [4.69, 9.17) is 11.6 Å². The van der Waals surface area contributed by atoms with Crippen molar-refractivity contribution in [3.63, 3.8) is 0 Å². The van der Waals surface area contributed by atoms with E-state index in [0.29, 0.717) is 5.15 Å². The summed E-state index contributed by atoms with van der Waals surface area (Å²) in [5, 5.41) is 1.88. The summed E-state index contributed by atoms with van der Waals surface area (Å²) in [4.78, 5) is 7.10. The number of benzene rings is 1. The van der Waals surface area contributed by atoms with Gasteiger partial charge in [-0.25, -0.2) is 4.98 Å². The summed E-state index contributed by atoms with van der Waals surface area (Å²) < 4.78 is 0. The maximum atomic E-state index is 6.26. The highest BCUT2D eigenvalue weighted by Gasteiger charge is 2.13. The molecule has 1 aromatic carbocycles. The van der Waals surface area contributed by atoms with Crippen LogP contribution in [0.25, 0.3) is 10.9 Å². The molecular weight excluding hydrogens is 280 g/mol. The van der Waals surface area contributed by atoms with Crippen LogP contribution in [0.5, 0.6) is 0 Å². The molecule has 1 aromatic heterocycles. The third-order valence-electron chi connectivity index (χ3n) is 4.40. The van der Waals surface area contributed by atoms with Crippen molar-refractivity contribution in [1.82, 2.24) is 9.88 Å². The van der Waals surface area contributed by atoms with Crippen molar-refractivity contribution in [2.24, 2.45) is 0 Å². The molecule has 1 aliphatic heterocycles. The van der Waals surface area contributed by atoms with E-state index in [1.54, 1.807) is 0 Å². The van der Waals surface area contributed by atoms with E-state index in [1.807, 2.05) is 6.07 Å². The van der Waals surface area contributed by atoms with E-state index in [9.17, 15) is 0 Å². The molecule has 2 heterocycles. The average molecular weight is 303 g/mol. The van der Waals surface area contributed by atoms with Gasteiger partial charge >= 0.3 is 0 Å². The third kappa shape index (κ3) is 3.38. The van der Waals surface area contributed by atoms with Gasteiger partial charge in [0.05, 0.1) is 5.52 Å². The second kappa shape index (κ2) is 6.33. The summed E-state index contributed by atoms with van der Waals surface area (Å²) in [6, 6.07) is 6.48. The van der Waals surface area contributed by atoms with Crippen LogP contribution in [0.1, 0.15) is 42.4 Å². The number of halogens is 1. The van der Waals surface area contributed by atoms with E-state index in [-0.39, 0.29) is 0 Å². The van der Waals surface area contributed by atoms with Gasteiger partial charge in [0.25, 0.3) is 0 Å².